The molecule has 11 N–H and O–H groups in total. The summed E-state index contributed by atoms with van der Waals surface area (Å²) in [6.07, 6.45) is 1.11. The van der Waals surface area contributed by atoms with Crippen molar-refractivity contribution in [2.24, 2.45) is 27.9 Å². The molecule has 2 rings (SSSR count). The Morgan fingerprint density at radius 2 is 1.80 bits per heavy atom. The fourth-order valence-corrected chi connectivity index (χ4v) is 3.14. The zero-order valence-corrected chi connectivity index (χ0v) is 19.1. The van der Waals surface area contributed by atoms with Crippen molar-refractivity contribution in [1.82, 2.24) is 20.8 Å². The summed E-state index contributed by atoms with van der Waals surface area (Å²) in [5.41, 5.74) is 22.6. The van der Waals surface area contributed by atoms with Gasteiger partial charge in [0, 0.05) is 19.4 Å². The Kier molecular flexibility index (Phi) is 10.4. The van der Waals surface area contributed by atoms with E-state index in [9.17, 15) is 19.5 Å². The molecule has 190 valence electrons. The summed E-state index contributed by atoms with van der Waals surface area (Å²) in [7, 11) is 0. The quantitative estimate of drug-likeness (QED) is 0.101. The molecule has 14 nitrogen and oxygen atoms in total. The van der Waals surface area contributed by atoms with Crippen LogP contribution >= 0.6 is 0 Å². The Balaban J connectivity index is 2.09. The number of aliphatic carboxylic acids is 1. The van der Waals surface area contributed by atoms with Gasteiger partial charge in [0.2, 0.25) is 11.8 Å². The highest BCUT2D eigenvalue weighted by atomic mass is 16.5. The molecule has 0 aliphatic carbocycles. The maximum Gasteiger partial charge on any atom is 0.326 e. The number of carboxylic acid groups (broad SMARTS) is 1. The minimum absolute atomic E-state index is 0.0473. The molecule has 0 saturated carbocycles. The third-order valence-electron chi connectivity index (χ3n) is 4.93. The number of carbonyl (C=O) groups excluding carboxylic acids is 2. The molecule has 3 amide bonds. The summed E-state index contributed by atoms with van der Waals surface area (Å²) in [6, 6.07) is 5.53. The number of carbonyl (C=O) groups is 3. The van der Waals surface area contributed by atoms with E-state index in [1.165, 1.54) is 0 Å². The van der Waals surface area contributed by atoms with Crippen molar-refractivity contribution < 1.29 is 24.0 Å². The maximum atomic E-state index is 12.7. The largest absolute Gasteiger partial charge is 0.480 e. The number of carboxylic acids is 1. The topological polar surface area (TPSA) is 251 Å². The fraction of sp³-hybridized carbons (Fsp3) is 0.429. The lowest BCUT2D eigenvalue weighted by Gasteiger charge is -2.19. The zero-order chi connectivity index (χ0) is 25.8. The molecule has 0 aliphatic rings. The highest BCUT2D eigenvalue weighted by Gasteiger charge is 2.26. The smallest absolute Gasteiger partial charge is 0.326 e. The third kappa shape index (κ3) is 9.67. The lowest BCUT2D eigenvalue weighted by molar-refractivity contribution is -0.139. The molecule has 1 aromatic heterocycles. The van der Waals surface area contributed by atoms with Crippen molar-refractivity contribution in [3.63, 3.8) is 0 Å². The van der Waals surface area contributed by atoms with Gasteiger partial charge < -0.3 is 43.2 Å². The number of primary amides is 1. The number of nitrogens with one attached hydrogen (secondary N) is 2. The van der Waals surface area contributed by atoms with Gasteiger partial charge >= 0.3 is 12.0 Å². The van der Waals surface area contributed by atoms with E-state index in [4.69, 9.17) is 27.5 Å². The van der Waals surface area contributed by atoms with Crippen LogP contribution in [0.25, 0.3) is 0 Å². The van der Waals surface area contributed by atoms with E-state index >= 15 is 0 Å². The van der Waals surface area contributed by atoms with Crippen LogP contribution in [0, 0.1) is 0 Å². The lowest BCUT2D eigenvalue weighted by Crippen LogP contribution is -2.48. The second-order valence-corrected chi connectivity index (χ2v) is 7.80. The predicted octanol–water partition coefficient (Wildman–Crippen LogP) is -0.575. The molecule has 0 spiro atoms. The standard InChI is InChI=1S/C21H31N9O5/c22-13(8-9-16(23)31)17-29-18(35-30-17)14(7-4-10-26-20(24)25)27-21(34)28-15(19(32)33)11-12-5-2-1-3-6-12/h1-3,5-6,13-15H,4,7-11,22H2,(H2,23,31)(H,32,33)(H4,24,25,26)(H2,27,28,34)/t13-,14-,15-/m0/s1. The number of hydrogen-bond donors (Lipinski definition) is 7. The van der Waals surface area contributed by atoms with Crippen molar-refractivity contribution in [2.45, 2.75) is 50.2 Å². The van der Waals surface area contributed by atoms with E-state index < -0.39 is 36.0 Å². The van der Waals surface area contributed by atoms with Crippen LogP contribution in [-0.4, -0.2) is 51.7 Å². The molecule has 0 unspecified atom stereocenters. The Labute approximate surface area is 201 Å². The SMILES string of the molecule is NC(=O)CC[C@H](N)c1noc([C@H](CCCN=C(N)N)NC(=O)N[C@@H](Cc2ccccc2)C(=O)O)n1. The average Bonchev–Trinajstić information content (AvgIpc) is 3.30. The van der Waals surface area contributed by atoms with Crippen LogP contribution in [-0.2, 0) is 16.0 Å². The number of nitrogens with zero attached hydrogens (tertiary/aromatic N) is 3. The van der Waals surface area contributed by atoms with Crippen LogP contribution in [0.15, 0.2) is 39.8 Å². The Hall–Kier alpha value is -4.20. The van der Waals surface area contributed by atoms with Gasteiger partial charge in [-0.15, -0.1) is 0 Å². The molecule has 0 radical (unpaired) electrons. The van der Waals surface area contributed by atoms with Gasteiger partial charge in [0.25, 0.3) is 0 Å². The number of amides is 3. The van der Waals surface area contributed by atoms with Crippen LogP contribution in [0.5, 0.6) is 0 Å². The van der Waals surface area contributed by atoms with E-state index in [-0.39, 0.29) is 43.5 Å². The van der Waals surface area contributed by atoms with E-state index in [0.717, 1.165) is 5.56 Å². The molecule has 0 aliphatic heterocycles. The minimum atomic E-state index is -1.19. The molecular weight excluding hydrogens is 458 g/mol. The maximum absolute atomic E-state index is 12.7. The second kappa shape index (κ2) is 13.5. The summed E-state index contributed by atoms with van der Waals surface area (Å²) in [4.78, 5) is 43.5. The number of aliphatic imine (C=N–C) groups is 1. The van der Waals surface area contributed by atoms with Crippen molar-refractivity contribution in [1.29, 1.82) is 0 Å². The molecule has 0 saturated heterocycles. The Morgan fingerprint density at radius 3 is 2.43 bits per heavy atom. The first kappa shape index (κ1) is 27.0. The monoisotopic (exact) mass is 489 g/mol. The molecule has 2 aromatic rings. The van der Waals surface area contributed by atoms with Gasteiger partial charge in [-0.25, -0.2) is 9.59 Å². The molecule has 35 heavy (non-hydrogen) atoms. The Bertz CT molecular complexity index is 1010. The van der Waals surface area contributed by atoms with E-state index in [1.54, 1.807) is 24.3 Å². The average molecular weight is 490 g/mol. The summed E-state index contributed by atoms with van der Waals surface area (Å²) in [5, 5.41) is 18.5. The normalized spacial score (nSPS) is 13.3. The van der Waals surface area contributed by atoms with Crippen LogP contribution in [0.3, 0.4) is 0 Å². The van der Waals surface area contributed by atoms with E-state index in [2.05, 4.69) is 25.8 Å². The van der Waals surface area contributed by atoms with Crippen LogP contribution in [0.1, 0.15) is 55.0 Å². The molecule has 0 bridgehead atoms. The van der Waals surface area contributed by atoms with Gasteiger partial charge in [0.1, 0.15) is 12.1 Å². The van der Waals surface area contributed by atoms with E-state index in [0.29, 0.717) is 12.8 Å². The molecule has 3 atom stereocenters. The molecular formula is C21H31N9O5. The fourth-order valence-electron chi connectivity index (χ4n) is 3.14. The van der Waals surface area contributed by atoms with Crippen molar-refractivity contribution in [3.8, 4) is 0 Å². The van der Waals surface area contributed by atoms with Crippen molar-refractivity contribution in [3.05, 3.63) is 47.6 Å². The van der Waals surface area contributed by atoms with Gasteiger partial charge in [-0.3, -0.25) is 9.79 Å². The van der Waals surface area contributed by atoms with Crippen molar-refractivity contribution >= 4 is 23.9 Å². The summed E-state index contributed by atoms with van der Waals surface area (Å²) in [5.74, 6) is -1.56. The number of guanidine groups is 1. The van der Waals surface area contributed by atoms with Gasteiger partial charge in [0.05, 0.1) is 6.04 Å². The minimum Gasteiger partial charge on any atom is -0.480 e. The molecule has 14 heteroatoms. The number of rotatable bonds is 14. The van der Waals surface area contributed by atoms with Gasteiger partial charge in [-0.1, -0.05) is 35.5 Å². The zero-order valence-electron chi connectivity index (χ0n) is 19.1. The third-order valence-corrected chi connectivity index (χ3v) is 4.93. The van der Waals surface area contributed by atoms with Gasteiger partial charge in [-0.2, -0.15) is 4.98 Å². The number of urea groups is 1. The predicted molar refractivity (Wildman–Crippen MR) is 126 cm³/mol. The second-order valence-electron chi connectivity index (χ2n) is 7.80. The first-order chi connectivity index (χ1) is 16.7. The number of hydrogen-bond acceptors (Lipinski definition) is 8. The van der Waals surface area contributed by atoms with Crippen molar-refractivity contribution in [2.75, 3.05) is 6.54 Å². The molecule has 1 heterocycles. The number of aromatic nitrogens is 2. The Morgan fingerprint density at radius 1 is 1.09 bits per heavy atom. The molecule has 0 fully saturated rings. The number of nitrogens with two attached hydrogens (primary N) is 4. The van der Waals surface area contributed by atoms with E-state index in [1.807, 2.05) is 6.07 Å². The van der Waals surface area contributed by atoms with Crippen LogP contribution in [0.2, 0.25) is 0 Å². The lowest BCUT2D eigenvalue weighted by atomic mass is 10.1. The molecule has 1 aromatic carbocycles. The summed E-state index contributed by atoms with van der Waals surface area (Å²) in [6.45, 7) is 0.285. The van der Waals surface area contributed by atoms with Gasteiger partial charge in [0.15, 0.2) is 11.8 Å². The summed E-state index contributed by atoms with van der Waals surface area (Å²) < 4.78 is 5.28. The first-order valence-corrected chi connectivity index (χ1v) is 10.9. The van der Waals surface area contributed by atoms with Crippen LogP contribution in [0.4, 0.5) is 4.79 Å². The van der Waals surface area contributed by atoms with Crippen LogP contribution < -0.4 is 33.6 Å². The first-order valence-electron chi connectivity index (χ1n) is 10.9. The number of benzene rings is 1. The van der Waals surface area contributed by atoms with Gasteiger partial charge in [-0.05, 0) is 24.8 Å². The highest BCUT2D eigenvalue weighted by Crippen LogP contribution is 2.20. The summed E-state index contributed by atoms with van der Waals surface area (Å²) >= 11 is 0. The highest BCUT2D eigenvalue weighted by molar-refractivity contribution is 5.83.